The van der Waals surface area contributed by atoms with Crippen LogP contribution in [-0.4, -0.2) is 17.9 Å². The molecule has 2 aromatic carbocycles. The molecule has 0 radical (unpaired) electrons. The number of nitro groups is 1. The molecule has 0 aliphatic rings. The number of carbonyl (C=O) groups excluding carboxylic acids is 1. The Morgan fingerprint density at radius 2 is 1.93 bits per heavy atom. The van der Waals surface area contributed by atoms with Crippen LogP contribution in [0.2, 0.25) is 0 Å². The number of nitrogens with one attached hydrogen (secondary N) is 1. The molecule has 0 aliphatic carbocycles. The molecule has 144 valence electrons. The molecule has 0 bridgehead atoms. The van der Waals surface area contributed by atoms with Gasteiger partial charge in [-0.2, -0.15) is 0 Å². The van der Waals surface area contributed by atoms with Gasteiger partial charge in [-0.15, -0.1) is 11.3 Å². The molecule has 0 unspecified atom stereocenters. The first-order valence-electron chi connectivity index (χ1n) is 8.37. The summed E-state index contributed by atoms with van der Waals surface area (Å²) >= 11 is 1.25. The number of methoxy groups -OCH3 is 1. The molecule has 3 aromatic rings. The smallest absolute Gasteiger partial charge is 0.293 e. The number of nitro benzene ring substituents is 1. The van der Waals surface area contributed by atoms with Gasteiger partial charge in [-0.25, -0.2) is 0 Å². The van der Waals surface area contributed by atoms with E-state index in [9.17, 15) is 14.9 Å². The number of carbonyl (C=O) groups is 1. The highest BCUT2D eigenvalue weighted by Crippen LogP contribution is 2.28. The number of hydrogen-bond acceptors (Lipinski definition) is 6. The van der Waals surface area contributed by atoms with Crippen LogP contribution >= 0.6 is 11.3 Å². The summed E-state index contributed by atoms with van der Waals surface area (Å²) in [5, 5.41) is 15.6. The van der Waals surface area contributed by atoms with Crippen molar-refractivity contribution >= 4 is 28.6 Å². The summed E-state index contributed by atoms with van der Waals surface area (Å²) in [6.45, 7) is 2.03. The van der Waals surface area contributed by atoms with Crippen molar-refractivity contribution in [3.8, 4) is 11.5 Å². The lowest BCUT2D eigenvalue weighted by Gasteiger charge is -2.09. The van der Waals surface area contributed by atoms with E-state index in [-0.39, 0.29) is 18.0 Å². The van der Waals surface area contributed by atoms with Gasteiger partial charge in [-0.3, -0.25) is 14.9 Å². The van der Waals surface area contributed by atoms with Gasteiger partial charge in [0, 0.05) is 11.6 Å². The zero-order chi connectivity index (χ0) is 20.1. The van der Waals surface area contributed by atoms with E-state index in [1.807, 2.05) is 17.5 Å². The minimum atomic E-state index is -0.510. The van der Waals surface area contributed by atoms with Gasteiger partial charge in [0.05, 0.1) is 16.9 Å². The Hall–Kier alpha value is -3.39. The van der Waals surface area contributed by atoms with E-state index in [4.69, 9.17) is 9.47 Å². The molecule has 1 N–H and O–H groups in total. The van der Waals surface area contributed by atoms with E-state index in [0.29, 0.717) is 16.4 Å². The summed E-state index contributed by atoms with van der Waals surface area (Å²) in [4.78, 5) is 23.6. The zero-order valence-corrected chi connectivity index (χ0v) is 16.1. The summed E-state index contributed by atoms with van der Waals surface area (Å²) in [6, 6.07) is 13.7. The number of para-hydroxylation sites is 2. The van der Waals surface area contributed by atoms with Crippen LogP contribution in [0.1, 0.15) is 20.8 Å². The first kappa shape index (κ1) is 19.4. The number of amides is 1. The van der Waals surface area contributed by atoms with Gasteiger partial charge in [0.25, 0.3) is 11.6 Å². The number of aryl methyl sites for hydroxylation is 1. The Balaban J connectivity index is 1.68. The maximum atomic E-state index is 12.5. The zero-order valence-electron chi connectivity index (χ0n) is 15.3. The topological polar surface area (TPSA) is 90.7 Å². The van der Waals surface area contributed by atoms with Crippen molar-refractivity contribution in [2.75, 3.05) is 12.4 Å². The number of ether oxygens (including phenoxy) is 2. The highest BCUT2D eigenvalue weighted by molar-refractivity contribution is 7.12. The van der Waals surface area contributed by atoms with E-state index in [1.165, 1.54) is 23.5 Å². The second-order valence-corrected chi connectivity index (χ2v) is 6.90. The molecule has 0 aliphatic heterocycles. The second-order valence-electron chi connectivity index (χ2n) is 5.99. The molecule has 28 heavy (non-hydrogen) atoms. The van der Waals surface area contributed by atoms with Crippen molar-refractivity contribution < 1.29 is 19.2 Å². The normalized spacial score (nSPS) is 10.4. The highest BCUT2D eigenvalue weighted by Gasteiger charge is 2.18. The SMILES string of the molecule is COc1ccccc1OCc1csc(C(=O)Nc2ccc(C)cc2[N+](=O)[O-])c1. The Morgan fingerprint density at radius 1 is 1.18 bits per heavy atom. The molecular weight excluding hydrogens is 380 g/mol. The Labute approximate surface area is 165 Å². The van der Waals surface area contributed by atoms with Crippen LogP contribution in [0.4, 0.5) is 11.4 Å². The lowest BCUT2D eigenvalue weighted by Crippen LogP contribution is -2.11. The number of hydrogen-bond donors (Lipinski definition) is 1. The van der Waals surface area contributed by atoms with Gasteiger partial charge in [0.15, 0.2) is 11.5 Å². The van der Waals surface area contributed by atoms with Gasteiger partial charge in [0.2, 0.25) is 0 Å². The van der Waals surface area contributed by atoms with Crippen LogP contribution in [0, 0.1) is 17.0 Å². The Bertz CT molecular complexity index is 1020. The average Bonchev–Trinajstić information content (AvgIpc) is 3.17. The predicted octanol–water partition coefficient (Wildman–Crippen LogP) is 4.80. The molecule has 1 aromatic heterocycles. The Kier molecular flexibility index (Phi) is 5.90. The van der Waals surface area contributed by atoms with Crippen LogP contribution in [0.3, 0.4) is 0 Å². The molecule has 7 nitrogen and oxygen atoms in total. The lowest BCUT2D eigenvalue weighted by atomic mass is 10.2. The predicted molar refractivity (Wildman–Crippen MR) is 107 cm³/mol. The van der Waals surface area contributed by atoms with Gasteiger partial charge < -0.3 is 14.8 Å². The molecule has 0 spiro atoms. The molecule has 0 atom stereocenters. The van der Waals surface area contributed by atoms with Crippen molar-refractivity contribution in [3.05, 3.63) is 80.0 Å². The van der Waals surface area contributed by atoms with Crippen LogP contribution in [-0.2, 0) is 6.61 Å². The summed E-state index contributed by atoms with van der Waals surface area (Å²) in [5.41, 5.74) is 1.60. The molecule has 0 fully saturated rings. The minimum Gasteiger partial charge on any atom is -0.493 e. The highest BCUT2D eigenvalue weighted by atomic mass is 32.1. The third-order valence-electron chi connectivity index (χ3n) is 3.94. The first-order chi connectivity index (χ1) is 13.5. The molecule has 3 rings (SSSR count). The second kappa shape index (κ2) is 8.53. The van der Waals surface area contributed by atoms with Gasteiger partial charge >= 0.3 is 0 Å². The van der Waals surface area contributed by atoms with Crippen LogP contribution < -0.4 is 14.8 Å². The van der Waals surface area contributed by atoms with E-state index >= 15 is 0 Å². The lowest BCUT2D eigenvalue weighted by molar-refractivity contribution is -0.384. The number of nitrogens with zero attached hydrogens (tertiary/aromatic N) is 1. The quantitative estimate of drug-likeness (QED) is 0.456. The van der Waals surface area contributed by atoms with E-state index < -0.39 is 10.8 Å². The van der Waals surface area contributed by atoms with E-state index in [2.05, 4.69) is 5.32 Å². The third kappa shape index (κ3) is 4.47. The van der Waals surface area contributed by atoms with Crippen molar-refractivity contribution in [2.45, 2.75) is 13.5 Å². The maximum absolute atomic E-state index is 12.5. The molecular formula is C20H18N2O5S. The standard InChI is InChI=1S/C20H18N2O5S/c1-13-7-8-15(16(9-13)22(24)25)21-20(23)19-10-14(12-28-19)11-27-18-6-4-3-5-17(18)26-2/h3-10,12H,11H2,1-2H3,(H,21,23). The number of benzene rings is 2. The fourth-order valence-corrected chi connectivity index (χ4v) is 3.34. The summed E-state index contributed by atoms with van der Waals surface area (Å²) < 4.78 is 11.0. The Morgan fingerprint density at radius 3 is 2.64 bits per heavy atom. The van der Waals surface area contributed by atoms with Gasteiger partial charge in [0.1, 0.15) is 12.3 Å². The minimum absolute atomic E-state index is 0.135. The molecule has 0 saturated carbocycles. The van der Waals surface area contributed by atoms with Crippen molar-refractivity contribution in [1.82, 2.24) is 0 Å². The molecule has 1 heterocycles. The number of anilines is 1. The van der Waals surface area contributed by atoms with Crippen LogP contribution in [0.15, 0.2) is 53.9 Å². The number of rotatable bonds is 7. The monoisotopic (exact) mass is 398 g/mol. The molecule has 8 heteroatoms. The summed E-state index contributed by atoms with van der Waals surface area (Å²) in [6.07, 6.45) is 0. The largest absolute Gasteiger partial charge is 0.493 e. The van der Waals surface area contributed by atoms with Gasteiger partial charge in [-0.05, 0) is 42.1 Å². The first-order valence-corrected chi connectivity index (χ1v) is 9.25. The summed E-state index contributed by atoms with van der Waals surface area (Å²) in [7, 11) is 1.57. The van der Waals surface area contributed by atoms with E-state index in [1.54, 1.807) is 38.3 Å². The van der Waals surface area contributed by atoms with Crippen LogP contribution in [0.5, 0.6) is 11.5 Å². The number of thiophene rings is 1. The maximum Gasteiger partial charge on any atom is 0.293 e. The molecule has 1 amide bonds. The fourth-order valence-electron chi connectivity index (χ4n) is 2.55. The van der Waals surface area contributed by atoms with Crippen molar-refractivity contribution in [2.24, 2.45) is 0 Å². The molecule has 0 saturated heterocycles. The van der Waals surface area contributed by atoms with E-state index in [0.717, 1.165) is 11.1 Å². The van der Waals surface area contributed by atoms with Crippen LogP contribution in [0.25, 0.3) is 0 Å². The van der Waals surface area contributed by atoms with Crippen molar-refractivity contribution in [1.29, 1.82) is 0 Å². The average molecular weight is 398 g/mol. The summed E-state index contributed by atoms with van der Waals surface area (Å²) in [5.74, 6) is 0.834. The van der Waals surface area contributed by atoms with Gasteiger partial charge in [-0.1, -0.05) is 18.2 Å². The fraction of sp³-hybridized carbons (Fsp3) is 0.150. The van der Waals surface area contributed by atoms with Crippen molar-refractivity contribution in [3.63, 3.8) is 0 Å². The third-order valence-corrected chi connectivity index (χ3v) is 4.92.